The number of rotatable bonds is 1. The number of hydrogen-bond acceptors (Lipinski definition) is 2. The van der Waals surface area contributed by atoms with Crippen molar-refractivity contribution in [2.24, 2.45) is 0 Å². The first kappa shape index (κ1) is 19.3. The van der Waals surface area contributed by atoms with Crippen molar-refractivity contribution in [2.75, 3.05) is 0 Å². The smallest absolute Gasteiger partial charge is 0.145 e. The van der Waals surface area contributed by atoms with Gasteiger partial charge in [-0.2, -0.15) is 0 Å². The van der Waals surface area contributed by atoms with E-state index in [1.165, 1.54) is 49.4 Å². The Balaban J connectivity index is 1.57. The highest BCUT2D eigenvalue weighted by Gasteiger charge is 2.26. The number of fused-ring (bicyclic) bond motifs is 14. The monoisotopic (exact) mass is 472 g/mol. The fourth-order valence-electron chi connectivity index (χ4n) is 6.62. The molecule has 0 radical (unpaired) electrons. The van der Waals surface area contributed by atoms with Gasteiger partial charge in [0.25, 0.3) is 0 Å². The van der Waals surface area contributed by atoms with E-state index in [0.29, 0.717) is 0 Å². The third-order valence-corrected chi connectivity index (χ3v) is 8.10. The van der Waals surface area contributed by atoms with Crippen molar-refractivity contribution in [3.05, 3.63) is 121 Å². The standard InChI is InChI=1S/C33H20N4/c1-2-7-21(8-3-1)37-29-13-12-23-22-9-5-4-6-20(22)18-26(23)30(29)24-10-11-25-31(32(24)37)27-19-34-15-14-28(27)36-17-16-35-33(25)36/h1-17,19H,18H2. The zero-order valence-electron chi connectivity index (χ0n) is 19.9. The summed E-state index contributed by atoms with van der Waals surface area (Å²) < 4.78 is 4.62. The molecule has 0 N–H and O–H groups in total. The van der Waals surface area contributed by atoms with Gasteiger partial charge in [0.15, 0.2) is 0 Å². The van der Waals surface area contributed by atoms with E-state index in [4.69, 9.17) is 4.98 Å². The molecule has 0 aliphatic heterocycles. The highest BCUT2D eigenvalue weighted by molar-refractivity contribution is 6.28. The molecule has 4 nitrogen and oxygen atoms in total. The van der Waals surface area contributed by atoms with Gasteiger partial charge in [-0.05, 0) is 59.0 Å². The summed E-state index contributed by atoms with van der Waals surface area (Å²) in [6, 6.07) is 30.8. The van der Waals surface area contributed by atoms with Gasteiger partial charge < -0.3 is 4.57 Å². The van der Waals surface area contributed by atoms with Crippen LogP contribution in [0.5, 0.6) is 0 Å². The van der Waals surface area contributed by atoms with E-state index in [1.54, 1.807) is 0 Å². The summed E-state index contributed by atoms with van der Waals surface area (Å²) in [5, 5.41) is 6.09. The van der Waals surface area contributed by atoms with Gasteiger partial charge in [0.1, 0.15) is 5.65 Å². The molecule has 1 aliphatic carbocycles. The molecule has 0 spiro atoms. The summed E-state index contributed by atoms with van der Waals surface area (Å²) in [6.07, 6.45) is 8.75. The van der Waals surface area contributed by atoms with Crippen LogP contribution in [-0.2, 0) is 6.42 Å². The van der Waals surface area contributed by atoms with E-state index in [0.717, 1.165) is 34.0 Å². The van der Waals surface area contributed by atoms with E-state index >= 15 is 0 Å². The van der Waals surface area contributed by atoms with Crippen molar-refractivity contribution in [1.82, 2.24) is 18.9 Å². The maximum atomic E-state index is 4.78. The lowest BCUT2D eigenvalue weighted by atomic mass is 9.99. The van der Waals surface area contributed by atoms with Crippen LogP contribution < -0.4 is 0 Å². The van der Waals surface area contributed by atoms with Crippen LogP contribution in [0.3, 0.4) is 0 Å². The summed E-state index contributed by atoms with van der Waals surface area (Å²) in [5.74, 6) is 0. The first-order chi connectivity index (χ1) is 18.4. The maximum absolute atomic E-state index is 4.78. The van der Waals surface area contributed by atoms with E-state index in [1.807, 2.05) is 24.8 Å². The van der Waals surface area contributed by atoms with Crippen molar-refractivity contribution in [3.8, 4) is 16.8 Å². The van der Waals surface area contributed by atoms with Crippen LogP contribution in [0, 0.1) is 0 Å². The third kappa shape index (κ3) is 2.37. The number of nitrogens with zero attached hydrogens (tertiary/aromatic N) is 4. The van der Waals surface area contributed by atoms with Gasteiger partial charge in [0.2, 0.25) is 0 Å². The molecule has 0 atom stereocenters. The lowest BCUT2D eigenvalue weighted by Gasteiger charge is -2.13. The Morgan fingerprint density at radius 1 is 0.649 bits per heavy atom. The molecule has 0 saturated heterocycles. The molecule has 0 saturated carbocycles. The van der Waals surface area contributed by atoms with Gasteiger partial charge in [-0.3, -0.25) is 9.38 Å². The van der Waals surface area contributed by atoms with Gasteiger partial charge in [-0.15, -0.1) is 0 Å². The Morgan fingerprint density at radius 2 is 1.51 bits per heavy atom. The molecule has 4 heteroatoms. The lowest BCUT2D eigenvalue weighted by molar-refractivity contribution is 1.18. The summed E-state index contributed by atoms with van der Waals surface area (Å²) in [4.78, 5) is 9.34. The predicted octanol–water partition coefficient (Wildman–Crippen LogP) is 7.70. The molecular formula is C33H20N4. The Bertz CT molecular complexity index is 2220. The van der Waals surface area contributed by atoms with Crippen molar-refractivity contribution in [3.63, 3.8) is 0 Å². The summed E-state index contributed by atoms with van der Waals surface area (Å²) in [7, 11) is 0. The molecule has 4 aromatic heterocycles. The quantitative estimate of drug-likeness (QED) is 0.229. The van der Waals surface area contributed by atoms with Crippen molar-refractivity contribution in [1.29, 1.82) is 0 Å². The minimum Gasteiger partial charge on any atom is -0.309 e. The first-order valence-electron chi connectivity index (χ1n) is 12.6. The molecule has 172 valence electrons. The molecule has 0 fully saturated rings. The normalized spacial score (nSPS) is 12.8. The topological polar surface area (TPSA) is 35.1 Å². The van der Waals surface area contributed by atoms with E-state index in [2.05, 4.69) is 98.9 Å². The zero-order valence-corrected chi connectivity index (χ0v) is 19.9. The molecule has 8 aromatic rings. The first-order valence-corrected chi connectivity index (χ1v) is 12.6. The van der Waals surface area contributed by atoms with Crippen LogP contribution in [0.1, 0.15) is 11.1 Å². The van der Waals surface area contributed by atoms with E-state index < -0.39 is 0 Å². The van der Waals surface area contributed by atoms with Crippen molar-refractivity contribution >= 4 is 49.1 Å². The minimum absolute atomic E-state index is 0.955. The number of pyridine rings is 2. The molecule has 9 rings (SSSR count). The molecule has 0 bridgehead atoms. The second-order valence-electron chi connectivity index (χ2n) is 9.89. The third-order valence-electron chi connectivity index (χ3n) is 8.10. The van der Waals surface area contributed by atoms with Crippen LogP contribution in [0.25, 0.3) is 65.9 Å². The summed E-state index contributed by atoms with van der Waals surface area (Å²) >= 11 is 0. The highest BCUT2D eigenvalue weighted by Crippen LogP contribution is 2.46. The molecule has 4 heterocycles. The molecule has 0 unspecified atom stereocenters. The second kappa shape index (κ2) is 6.83. The molecule has 37 heavy (non-hydrogen) atoms. The largest absolute Gasteiger partial charge is 0.309 e. The Hall–Kier alpha value is -4.96. The van der Waals surface area contributed by atoms with Crippen LogP contribution in [0.15, 0.2) is 110 Å². The van der Waals surface area contributed by atoms with Crippen LogP contribution in [0.4, 0.5) is 0 Å². The van der Waals surface area contributed by atoms with Crippen LogP contribution in [-0.4, -0.2) is 18.9 Å². The van der Waals surface area contributed by atoms with Crippen LogP contribution in [0.2, 0.25) is 0 Å². The van der Waals surface area contributed by atoms with Crippen LogP contribution >= 0.6 is 0 Å². The van der Waals surface area contributed by atoms with Gasteiger partial charge in [0.05, 0.1) is 16.6 Å². The number of aromatic nitrogens is 4. The number of imidazole rings is 1. The molecule has 0 amide bonds. The maximum Gasteiger partial charge on any atom is 0.145 e. The zero-order chi connectivity index (χ0) is 24.1. The number of benzene rings is 4. The Morgan fingerprint density at radius 3 is 2.46 bits per heavy atom. The van der Waals surface area contributed by atoms with Gasteiger partial charge in [-0.25, -0.2) is 4.98 Å². The number of hydrogen-bond donors (Lipinski definition) is 0. The van der Waals surface area contributed by atoms with E-state index in [-0.39, 0.29) is 0 Å². The minimum atomic E-state index is 0.955. The van der Waals surface area contributed by atoms with Gasteiger partial charge in [0, 0.05) is 57.4 Å². The Labute approximate surface area is 212 Å². The number of para-hydroxylation sites is 1. The summed E-state index contributed by atoms with van der Waals surface area (Å²) in [5.41, 5.74) is 11.2. The average Bonchev–Trinajstić information content (AvgIpc) is 3.67. The molecule has 4 aromatic carbocycles. The van der Waals surface area contributed by atoms with Crippen molar-refractivity contribution < 1.29 is 0 Å². The highest BCUT2D eigenvalue weighted by atomic mass is 15.0. The fraction of sp³-hybridized carbons (Fsp3) is 0.0303. The lowest BCUT2D eigenvalue weighted by Crippen LogP contribution is -1.97. The predicted molar refractivity (Wildman–Crippen MR) is 151 cm³/mol. The average molecular weight is 473 g/mol. The van der Waals surface area contributed by atoms with Crippen molar-refractivity contribution in [2.45, 2.75) is 6.42 Å². The summed E-state index contributed by atoms with van der Waals surface area (Å²) in [6.45, 7) is 0. The SMILES string of the molecule is c1ccc(-n2c3ccc4c(c3c3ccc5c(c6cnccc6n6ccnc56)c32)Cc2ccccc2-4)cc1. The molecular weight excluding hydrogens is 452 g/mol. The van der Waals surface area contributed by atoms with E-state index in [9.17, 15) is 0 Å². The Kier molecular flexibility index (Phi) is 3.55. The fourth-order valence-corrected chi connectivity index (χ4v) is 6.62. The van der Waals surface area contributed by atoms with Gasteiger partial charge >= 0.3 is 0 Å². The van der Waals surface area contributed by atoms with Gasteiger partial charge in [-0.1, -0.05) is 54.6 Å². The molecule has 1 aliphatic rings. The second-order valence-corrected chi connectivity index (χ2v) is 9.89.